The first-order valence-electron chi connectivity index (χ1n) is 14.6. The number of hydrogen-bond acceptors (Lipinski definition) is 8. The number of hydrogen-bond donors (Lipinski definition) is 1. The zero-order valence-electron chi connectivity index (χ0n) is 25.1. The van der Waals surface area contributed by atoms with Gasteiger partial charge in [0.2, 0.25) is 0 Å². The summed E-state index contributed by atoms with van der Waals surface area (Å²) < 4.78 is 18.1. The number of nitrogens with one attached hydrogen (secondary N) is 1. The Kier molecular flexibility index (Phi) is 10.7. The van der Waals surface area contributed by atoms with E-state index < -0.39 is 0 Å². The summed E-state index contributed by atoms with van der Waals surface area (Å²) in [5, 5.41) is 12.4. The number of carbonyl (C=O) groups excluding carboxylic acids is 2. The lowest BCUT2D eigenvalue weighted by molar-refractivity contribution is -0.122. The molecule has 240 valence electrons. The highest BCUT2D eigenvalue weighted by atomic mass is 79.9. The zero-order chi connectivity index (χ0) is 33.3. The van der Waals surface area contributed by atoms with Crippen LogP contribution in [-0.4, -0.2) is 34.7 Å². The van der Waals surface area contributed by atoms with Gasteiger partial charge in [0.05, 0.1) is 23.9 Å². The van der Waals surface area contributed by atoms with E-state index >= 15 is 0 Å². The van der Waals surface area contributed by atoms with Crippen LogP contribution in [0.2, 0.25) is 5.02 Å². The minimum atomic E-state index is -0.348. The monoisotopic (exact) mass is 740 g/mol. The Bertz CT molecular complexity index is 2000. The van der Waals surface area contributed by atoms with Crippen LogP contribution in [0.5, 0.6) is 17.2 Å². The summed E-state index contributed by atoms with van der Waals surface area (Å²) in [6.07, 6.45) is 4.85. The SMILES string of the molecule is O=C(COc1ccc(Br)cc1/C=C1\S/C(=N\N=C\c2cccc(Oc3ccccc3)c2)N(Cc2ccco2)C1=O)Nc1ccc(Cl)cc1. The molecule has 5 aromatic rings. The molecule has 0 spiro atoms. The molecule has 0 aliphatic carbocycles. The molecule has 12 heteroatoms. The molecule has 1 aliphatic heterocycles. The number of halogens is 2. The Balaban J connectivity index is 1.20. The molecule has 1 N–H and O–H groups in total. The number of amidine groups is 1. The highest BCUT2D eigenvalue weighted by Gasteiger charge is 2.34. The summed E-state index contributed by atoms with van der Waals surface area (Å²) in [6.45, 7) is -0.0806. The average Bonchev–Trinajstić information content (AvgIpc) is 3.70. The van der Waals surface area contributed by atoms with E-state index in [1.165, 1.54) is 16.7 Å². The summed E-state index contributed by atoms with van der Waals surface area (Å²) in [4.78, 5) is 28.2. The number of ether oxygens (including phenoxy) is 2. The molecular formula is C36H26BrClN4O5S. The second-order valence-corrected chi connectivity index (χ2v) is 12.6. The molecule has 0 radical (unpaired) electrons. The number of furan rings is 1. The molecule has 48 heavy (non-hydrogen) atoms. The molecule has 4 aromatic carbocycles. The van der Waals surface area contributed by atoms with Crippen molar-refractivity contribution in [3.63, 3.8) is 0 Å². The first-order chi connectivity index (χ1) is 23.4. The number of nitrogens with zero attached hydrogens (tertiary/aromatic N) is 3. The van der Waals surface area contributed by atoms with Crippen LogP contribution in [0.1, 0.15) is 16.9 Å². The van der Waals surface area contributed by atoms with Crippen molar-refractivity contribution >= 4 is 74.3 Å². The lowest BCUT2D eigenvalue weighted by Crippen LogP contribution is -2.28. The predicted molar refractivity (Wildman–Crippen MR) is 193 cm³/mol. The van der Waals surface area contributed by atoms with Gasteiger partial charge >= 0.3 is 0 Å². The van der Waals surface area contributed by atoms with Gasteiger partial charge in [-0.1, -0.05) is 57.9 Å². The molecular weight excluding hydrogens is 716 g/mol. The van der Waals surface area contributed by atoms with Gasteiger partial charge in [-0.15, -0.1) is 5.10 Å². The van der Waals surface area contributed by atoms with Gasteiger partial charge in [-0.05, 0) is 102 Å². The van der Waals surface area contributed by atoms with Gasteiger partial charge < -0.3 is 19.2 Å². The van der Waals surface area contributed by atoms with Crippen molar-refractivity contribution in [2.75, 3.05) is 11.9 Å². The van der Waals surface area contributed by atoms with Gasteiger partial charge in [0.25, 0.3) is 11.8 Å². The summed E-state index contributed by atoms with van der Waals surface area (Å²) in [7, 11) is 0. The molecule has 9 nitrogen and oxygen atoms in total. The molecule has 6 rings (SSSR count). The molecule has 0 bridgehead atoms. The quantitative estimate of drug-likeness (QED) is 0.0823. The normalized spacial score (nSPS) is 14.6. The van der Waals surface area contributed by atoms with E-state index in [1.54, 1.807) is 67.1 Å². The molecule has 2 amide bonds. The molecule has 0 atom stereocenters. The first kappa shape index (κ1) is 32.8. The van der Waals surface area contributed by atoms with Crippen molar-refractivity contribution in [1.29, 1.82) is 0 Å². The zero-order valence-corrected chi connectivity index (χ0v) is 28.2. The van der Waals surface area contributed by atoms with E-state index in [-0.39, 0.29) is 25.0 Å². The number of anilines is 1. The Morgan fingerprint density at radius 3 is 2.56 bits per heavy atom. The van der Waals surface area contributed by atoms with Gasteiger partial charge in [0, 0.05) is 20.7 Å². The largest absolute Gasteiger partial charge is 0.483 e. The molecule has 1 aliphatic rings. The van der Waals surface area contributed by atoms with E-state index in [1.807, 2.05) is 60.7 Å². The third-order valence-corrected chi connectivity index (χ3v) is 8.46. The van der Waals surface area contributed by atoms with E-state index in [4.69, 9.17) is 25.5 Å². The topological polar surface area (TPSA) is 106 Å². The van der Waals surface area contributed by atoms with Crippen molar-refractivity contribution in [1.82, 2.24) is 4.90 Å². The van der Waals surface area contributed by atoms with Crippen LogP contribution in [0.15, 0.2) is 139 Å². The Morgan fingerprint density at radius 2 is 1.77 bits per heavy atom. The van der Waals surface area contributed by atoms with E-state index in [0.29, 0.717) is 43.6 Å². The van der Waals surface area contributed by atoms with Crippen LogP contribution < -0.4 is 14.8 Å². The van der Waals surface area contributed by atoms with Crippen molar-refractivity contribution < 1.29 is 23.5 Å². The van der Waals surface area contributed by atoms with E-state index in [2.05, 4.69) is 31.4 Å². The molecule has 0 saturated carbocycles. The van der Waals surface area contributed by atoms with Crippen molar-refractivity contribution in [2.45, 2.75) is 6.54 Å². The highest BCUT2D eigenvalue weighted by Crippen LogP contribution is 2.36. The standard InChI is InChI=1S/C36H26BrClN4O5S/c37-26-11-16-32(46-23-34(43)40-28-14-12-27(38)13-15-28)25(19-26)20-33-35(44)42(22-31-10-5-17-45-31)36(48-33)41-39-21-24-6-4-9-30(18-24)47-29-7-2-1-3-8-29/h1-21H,22-23H2,(H,40,43)/b33-20-,39-21+,41-36-. The number of thioether (sulfide) groups is 1. The fourth-order valence-electron chi connectivity index (χ4n) is 4.49. The minimum absolute atomic E-state index is 0.164. The van der Waals surface area contributed by atoms with Crippen molar-refractivity contribution in [3.8, 4) is 17.2 Å². The minimum Gasteiger partial charge on any atom is -0.483 e. The second-order valence-electron chi connectivity index (χ2n) is 10.2. The van der Waals surface area contributed by atoms with Crippen LogP contribution in [0.25, 0.3) is 6.08 Å². The van der Waals surface area contributed by atoms with Gasteiger partial charge in [0.15, 0.2) is 11.8 Å². The second kappa shape index (κ2) is 15.7. The van der Waals surface area contributed by atoms with Gasteiger partial charge in [-0.25, -0.2) is 0 Å². The Labute approximate surface area is 294 Å². The summed E-state index contributed by atoms with van der Waals surface area (Å²) in [6, 6.07) is 32.6. The van der Waals surface area contributed by atoms with E-state index in [0.717, 1.165) is 15.8 Å². The fraction of sp³-hybridized carbons (Fsp3) is 0.0556. The van der Waals surface area contributed by atoms with Gasteiger partial charge in [0.1, 0.15) is 23.0 Å². The molecule has 1 fully saturated rings. The smallest absolute Gasteiger partial charge is 0.267 e. The maximum Gasteiger partial charge on any atom is 0.267 e. The number of para-hydroxylation sites is 1. The Morgan fingerprint density at radius 1 is 0.958 bits per heavy atom. The van der Waals surface area contributed by atoms with Gasteiger partial charge in [-0.3, -0.25) is 14.5 Å². The number of rotatable bonds is 11. The van der Waals surface area contributed by atoms with Crippen LogP contribution in [-0.2, 0) is 16.1 Å². The number of carbonyl (C=O) groups is 2. The predicted octanol–water partition coefficient (Wildman–Crippen LogP) is 9.01. The van der Waals surface area contributed by atoms with E-state index in [9.17, 15) is 9.59 Å². The molecule has 2 heterocycles. The third-order valence-electron chi connectivity index (χ3n) is 6.71. The summed E-state index contributed by atoms with van der Waals surface area (Å²) >= 11 is 10.6. The number of benzene rings is 4. The molecule has 1 aromatic heterocycles. The van der Waals surface area contributed by atoms with Crippen LogP contribution in [0, 0.1) is 0 Å². The van der Waals surface area contributed by atoms with Gasteiger partial charge in [-0.2, -0.15) is 5.10 Å². The molecule has 1 saturated heterocycles. The first-order valence-corrected chi connectivity index (χ1v) is 16.5. The summed E-state index contributed by atoms with van der Waals surface area (Å²) in [5.74, 6) is 1.76. The molecule has 0 unspecified atom stereocenters. The summed E-state index contributed by atoms with van der Waals surface area (Å²) in [5.41, 5.74) is 1.96. The fourth-order valence-corrected chi connectivity index (χ4v) is 5.92. The van der Waals surface area contributed by atoms with Crippen LogP contribution >= 0.6 is 39.3 Å². The Hall–Kier alpha value is -5.10. The lowest BCUT2D eigenvalue weighted by Gasteiger charge is -2.13. The third kappa shape index (κ3) is 8.82. The maximum absolute atomic E-state index is 13.7. The van der Waals surface area contributed by atoms with Crippen molar-refractivity contribution in [2.24, 2.45) is 10.2 Å². The van der Waals surface area contributed by atoms with Crippen LogP contribution in [0.4, 0.5) is 5.69 Å². The lowest BCUT2D eigenvalue weighted by atomic mass is 10.2. The highest BCUT2D eigenvalue weighted by molar-refractivity contribution is 9.10. The number of amides is 2. The average molecular weight is 742 g/mol. The van der Waals surface area contributed by atoms with Crippen LogP contribution in [0.3, 0.4) is 0 Å². The maximum atomic E-state index is 13.7. The van der Waals surface area contributed by atoms with Crippen molar-refractivity contribution in [3.05, 3.63) is 147 Å².